The van der Waals surface area contributed by atoms with Crippen LogP contribution in [0.15, 0.2) is 42.6 Å². The fourth-order valence-electron chi connectivity index (χ4n) is 3.97. The molecular weight excluding hydrogens is 360 g/mol. The maximum atomic E-state index is 7.38. The van der Waals surface area contributed by atoms with Crippen molar-refractivity contribution in [3.05, 3.63) is 70.7 Å². The second-order valence-corrected chi connectivity index (χ2v) is 9.72. The summed E-state index contributed by atoms with van der Waals surface area (Å²) in [4.78, 5) is 3.64. The molecular formula is C25H25N2S+. The highest BCUT2D eigenvalue weighted by molar-refractivity contribution is 7.26. The van der Waals surface area contributed by atoms with Gasteiger partial charge in [0.25, 0.3) is 0 Å². The Labute approximate surface area is 170 Å². The van der Waals surface area contributed by atoms with Crippen LogP contribution in [0, 0.1) is 20.4 Å². The lowest BCUT2D eigenvalue weighted by Gasteiger charge is -2.22. The Bertz CT molecular complexity index is 1280. The largest absolute Gasteiger partial charge is 0.238 e. The van der Waals surface area contributed by atoms with E-state index in [0.29, 0.717) is 5.69 Å². The van der Waals surface area contributed by atoms with Crippen molar-refractivity contribution in [1.82, 2.24) is 0 Å². The Hall–Kier alpha value is -2.70. The van der Waals surface area contributed by atoms with Crippen molar-refractivity contribution in [3.8, 4) is 11.3 Å². The molecule has 0 N–H and O–H groups in total. The molecule has 2 aromatic heterocycles. The molecule has 0 saturated carbocycles. The van der Waals surface area contributed by atoms with Crippen LogP contribution >= 0.6 is 11.3 Å². The lowest BCUT2D eigenvalue weighted by Crippen LogP contribution is -2.30. The predicted octanol–water partition coefficient (Wildman–Crippen LogP) is 7.01. The SMILES string of the molecule is [C-]#[N+]c1ccc2c(c1)sc1c(-c3cc(C)cc[n+]3C)c(C)cc(C(C)(C)C)c12. The van der Waals surface area contributed by atoms with Gasteiger partial charge in [0.15, 0.2) is 11.9 Å². The van der Waals surface area contributed by atoms with Crippen molar-refractivity contribution in [2.24, 2.45) is 7.05 Å². The number of benzene rings is 2. The maximum Gasteiger partial charge on any atom is 0.214 e. The number of hydrogen-bond donors (Lipinski definition) is 0. The van der Waals surface area contributed by atoms with Gasteiger partial charge in [0, 0.05) is 26.9 Å². The van der Waals surface area contributed by atoms with E-state index in [-0.39, 0.29) is 5.41 Å². The second kappa shape index (κ2) is 6.43. The van der Waals surface area contributed by atoms with Gasteiger partial charge in [0.1, 0.15) is 7.05 Å². The maximum absolute atomic E-state index is 7.38. The normalized spacial score (nSPS) is 11.9. The van der Waals surface area contributed by atoms with Crippen LogP contribution in [0.2, 0.25) is 0 Å². The van der Waals surface area contributed by atoms with Crippen molar-refractivity contribution in [2.45, 2.75) is 40.0 Å². The standard InChI is InChI=1S/C25H25N2S/c1-15-10-11-27(7)20(12-15)22-16(2)13-19(25(3,4)5)23-18-9-8-17(26-6)14-21(18)28-24(22)23/h8-14H,1-5,7H3/q+1. The van der Waals surface area contributed by atoms with E-state index < -0.39 is 0 Å². The third kappa shape index (κ3) is 2.89. The van der Waals surface area contributed by atoms with Crippen LogP contribution < -0.4 is 4.57 Å². The van der Waals surface area contributed by atoms with Crippen molar-refractivity contribution in [1.29, 1.82) is 0 Å². The summed E-state index contributed by atoms with van der Waals surface area (Å²) in [5.74, 6) is 0. The van der Waals surface area contributed by atoms with Gasteiger partial charge in [-0.3, -0.25) is 0 Å². The fourth-order valence-corrected chi connectivity index (χ4v) is 5.34. The molecule has 2 heterocycles. The van der Waals surface area contributed by atoms with Crippen molar-refractivity contribution in [2.75, 3.05) is 0 Å². The van der Waals surface area contributed by atoms with E-state index in [4.69, 9.17) is 6.57 Å². The minimum Gasteiger partial charge on any atom is -0.238 e. The van der Waals surface area contributed by atoms with Gasteiger partial charge >= 0.3 is 0 Å². The molecule has 0 aliphatic rings. The van der Waals surface area contributed by atoms with Crippen LogP contribution in [0.5, 0.6) is 0 Å². The van der Waals surface area contributed by atoms with E-state index in [9.17, 15) is 0 Å². The molecule has 0 radical (unpaired) electrons. The highest BCUT2D eigenvalue weighted by atomic mass is 32.1. The van der Waals surface area contributed by atoms with Gasteiger partial charge in [-0.25, -0.2) is 9.41 Å². The molecule has 4 aromatic rings. The Morgan fingerprint density at radius 2 is 1.79 bits per heavy atom. The molecule has 28 heavy (non-hydrogen) atoms. The minimum absolute atomic E-state index is 0.0444. The van der Waals surface area contributed by atoms with Gasteiger partial charge < -0.3 is 0 Å². The number of thiophene rings is 1. The fraction of sp³-hybridized carbons (Fsp3) is 0.280. The van der Waals surface area contributed by atoms with Crippen LogP contribution in [0.3, 0.4) is 0 Å². The zero-order chi connectivity index (χ0) is 20.2. The minimum atomic E-state index is 0.0444. The van der Waals surface area contributed by atoms with Gasteiger partial charge in [-0.2, -0.15) is 0 Å². The summed E-state index contributed by atoms with van der Waals surface area (Å²) in [6, 6.07) is 12.9. The number of hydrogen-bond acceptors (Lipinski definition) is 1. The highest BCUT2D eigenvalue weighted by Crippen LogP contribution is 2.46. The van der Waals surface area contributed by atoms with E-state index in [2.05, 4.69) is 81.5 Å². The summed E-state index contributed by atoms with van der Waals surface area (Å²) >= 11 is 1.82. The summed E-state index contributed by atoms with van der Waals surface area (Å²) in [6.45, 7) is 18.6. The van der Waals surface area contributed by atoms with E-state index in [1.165, 1.54) is 48.1 Å². The third-order valence-corrected chi connectivity index (χ3v) is 6.59. The third-order valence-electron chi connectivity index (χ3n) is 5.42. The highest BCUT2D eigenvalue weighted by Gasteiger charge is 2.26. The van der Waals surface area contributed by atoms with Gasteiger partial charge in [-0.15, -0.1) is 11.3 Å². The lowest BCUT2D eigenvalue weighted by atomic mass is 9.81. The molecule has 4 rings (SSSR count). The molecule has 2 aromatic carbocycles. The summed E-state index contributed by atoms with van der Waals surface area (Å²) < 4.78 is 4.72. The molecule has 0 fully saturated rings. The molecule has 2 nitrogen and oxygen atoms in total. The zero-order valence-electron chi connectivity index (χ0n) is 17.3. The number of aromatic nitrogens is 1. The first-order valence-electron chi connectivity index (χ1n) is 9.55. The van der Waals surface area contributed by atoms with E-state index in [1.54, 1.807) is 0 Å². The number of fused-ring (bicyclic) bond motifs is 3. The molecule has 0 saturated heterocycles. The van der Waals surface area contributed by atoms with Gasteiger partial charge in [-0.1, -0.05) is 39.0 Å². The number of pyridine rings is 1. The Balaban J connectivity index is 2.23. The molecule has 0 aliphatic heterocycles. The van der Waals surface area contributed by atoms with Gasteiger partial charge in [-0.05, 0) is 47.4 Å². The average molecular weight is 386 g/mol. The first-order valence-corrected chi connectivity index (χ1v) is 10.4. The van der Waals surface area contributed by atoms with Crippen LogP contribution in [0.4, 0.5) is 5.69 Å². The van der Waals surface area contributed by atoms with Crippen molar-refractivity contribution >= 4 is 37.2 Å². The Morgan fingerprint density at radius 3 is 2.46 bits per heavy atom. The number of aryl methyl sites for hydroxylation is 3. The molecule has 0 unspecified atom stereocenters. The number of nitrogens with zero attached hydrogens (tertiary/aromatic N) is 2. The Kier molecular flexibility index (Phi) is 4.28. The number of rotatable bonds is 1. The van der Waals surface area contributed by atoms with Crippen LogP contribution in [-0.2, 0) is 12.5 Å². The van der Waals surface area contributed by atoms with Crippen molar-refractivity contribution in [3.63, 3.8) is 0 Å². The topological polar surface area (TPSA) is 8.24 Å². The molecule has 3 heteroatoms. The summed E-state index contributed by atoms with van der Waals surface area (Å²) in [5.41, 5.74) is 7.23. The summed E-state index contributed by atoms with van der Waals surface area (Å²) in [6.07, 6.45) is 2.14. The quantitative estimate of drug-likeness (QED) is 0.246. The van der Waals surface area contributed by atoms with Crippen LogP contribution in [0.1, 0.15) is 37.5 Å². The monoisotopic (exact) mass is 385 g/mol. The van der Waals surface area contributed by atoms with Crippen LogP contribution in [-0.4, -0.2) is 0 Å². The molecule has 140 valence electrons. The predicted molar refractivity (Wildman–Crippen MR) is 120 cm³/mol. The summed E-state index contributed by atoms with van der Waals surface area (Å²) in [5, 5.41) is 2.60. The van der Waals surface area contributed by atoms with E-state index >= 15 is 0 Å². The molecule has 0 spiro atoms. The zero-order valence-corrected chi connectivity index (χ0v) is 18.2. The van der Waals surface area contributed by atoms with Crippen LogP contribution in [0.25, 0.3) is 36.3 Å². The van der Waals surface area contributed by atoms with Gasteiger partial charge in [0.05, 0.1) is 12.1 Å². The van der Waals surface area contributed by atoms with E-state index in [0.717, 1.165) is 0 Å². The summed E-state index contributed by atoms with van der Waals surface area (Å²) in [7, 11) is 2.11. The first kappa shape index (κ1) is 18.7. The average Bonchev–Trinajstić information content (AvgIpc) is 3.00. The smallest absolute Gasteiger partial charge is 0.214 e. The first-order chi connectivity index (χ1) is 13.2. The second-order valence-electron chi connectivity index (χ2n) is 8.66. The molecule has 0 bridgehead atoms. The molecule has 0 atom stereocenters. The molecule has 0 aliphatic carbocycles. The van der Waals surface area contributed by atoms with E-state index in [1.807, 2.05) is 23.5 Å². The van der Waals surface area contributed by atoms with Gasteiger partial charge in [0.2, 0.25) is 5.69 Å². The molecule has 0 amide bonds. The lowest BCUT2D eigenvalue weighted by molar-refractivity contribution is -0.660. The van der Waals surface area contributed by atoms with Crippen molar-refractivity contribution < 1.29 is 4.57 Å². The Morgan fingerprint density at radius 1 is 1.04 bits per heavy atom.